The second kappa shape index (κ2) is 7.61. The van der Waals surface area contributed by atoms with Crippen molar-refractivity contribution in [2.24, 2.45) is 0 Å². The van der Waals surface area contributed by atoms with Crippen molar-refractivity contribution in [2.75, 3.05) is 18.0 Å². The highest BCUT2D eigenvalue weighted by Gasteiger charge is 2.17. The molecule has 3 aromatic rings. The van der Waals surface area contributed by atoms with Crippen molar-refractivity contribution in [1.82, 2.24) is 19.9 Å². The van der Waals surface area contributed by atoms with Crippen LogP contribution in [0.2, 0.25) is 0 Å². The van der Waals surface area contributed by atoms with Crippen molar-refractivity contribution in [3.63, 3.8) is 0 Å². The normalized spacial score (nSPS) is 10.9. The maximum absolute atomic E-state index is 12.9. The summed E-state index contributed by atoms with van der Waals surface area (Å²) in [7, 11) is 0. The van der Waals surface area contributed by atoms with E-state index in [1.165, 1.54) is 29.7 Å². The van der Waals surface area contributed by atoms with Crippen LogP contribution in [0.4, 0.5) is 9.52 Å². The minimum absolute atomic E-state index is 0.0824. The topological polar surface area (TPSA) is 79.6 Å². The molecule has 0 saturated carbocycles. The first kappa shape index (κ1) is 18.0. The highest BCUT2D eigenvalue weighted by Crippen LogP contribution is 2.20. The molecular formula is C17H18FN5O2S. The number of hydrogen-bond acceptors (Lipinski definition) is 6. The zero-order valence-electron chi connectivity index (χ0n) is 14.4. The van der Waals surface area contributed by atoms with E-state index in [0.29, 0.717) is 10.1 Å². The van der Waals surface area contributed by atoms with Crippen LogP contribution in [0, 0.1) is 5.82 Å². The summed E-state index contributed by atoms with van der Waals surface area (Å²) in [6.07, 6.45) is 1.27. The maximum atomic E-state index is 12.9. The van der Waals surface area contributed by atoms with E-state index >= 15 is 0 Å². The van der Waals surface area contributed by atoms with Crippen LogP contribution in [0.1, 0.15) is 29.8 Å². The number of aromatic nitrogens is 3. The Morgan fingerprint density at radius 2 is 1.96 bits per heavy atom. The average molecular weight is 375 g/mol. The zero-order valence-corrected chi connectivity index (χ0v) is 15.2. The average Bonchev–Trinajstić information content (AvgIpc) is 3.07. The van der Waals surface area contributed by atoms with Gasteiger partial charge in [0.2, 0.25) is 10.1 Å². The summed E-state index contributed by atoms with van der Waals surface area (Å²) in [6.45, 7) is 5.70. The summed E-state index contributed by atoms with van der Waals surface area (Å²) < 4.78 is 14.1. The Hall–Kier alpha value is -2.81. The van der Waals surface area contributed by atoms with Gasteiger partial charge in [-0.05, 0) is 31.5 Å². The van der Waals surface area contributed by atoms with E-state index in [9.17, 15) is 14.0 Å². The van der Waals surface area contributed by atoms with Gasteiger partial charge >= 0.3 is 0 Å². The highest BCUT2D eigenvalue weighted by molar-refractivity contribution is 7.20. The number of carbonyl (C=O) groups is 1. The van der Waals surface area contributed by atoms with E-state index in [-0.39, 0.29) is 17.9 Å². The van der Waals surface area contributed by atoms with Crippen molar-refractivity contribution >= 4 is 27.3 Å². The van der Waals surface area contributed by atoms with Gasteiger partial charge in [0.05, 0.1) is 0 Å². The van der Waals surface area contributed by atoms with Gasteiger partial charge < -0.3 is 10.2 Å². The zero-order chi connectivity index (χ0) is 18.7. The lowest BCUT2D eigenvalue weighted by atomic mass is 10.2. The van der Waals surface area contributed by atoms with E-state index in [1.807, 2.05) is 18.7 Å². The van der Waals surface area contributed by atoms with E-state index < -0.39 is 11.5 Å². The van der Waals surface area contributed by atoms with Gasteiger partial charge in [-0.25, -0.2) is 9.37 Å². The number of carbonyl (C=O) groups excluding carboxylic acids is 1. The third kappa shape index (κ3) is 3.57. The highest BCUT2D eigenvalue weighted by atomic mass is 32.1. The molecule has 26 heavy (non-hydrogen) atoms. The lowest BCUT2D eigenvalue weighted by Crippen LogP contribution is -2.31. The number of nitrogens with one attached hydrogen (secondary N) is 1. The number of nitrogens with zero attached hydrogens (tertiary/aromatic N) is 4. The first-order valence-corrected chi connectivity index (χ1v) is 9.01. The summed E-state index contributed by atoms with van der Waals surface area (Å²) >= 11 is 1.30. The second-order valence-electron chi connectivity index (χ2n) is 5.54. The first-order chi connectivity index (χ1) is 12.5. The number of anilines is 1. The number of halogens is 1. The molecule has 0 atom stereocenters. The van der Waals surface area contributed by atoms with Gasteiger partial charge in [0.1, 0.15) is 11.4 Å². The van der Waals surface area contributed by atoms with E-state index in [0.717, 1.165) is 23.2 Å². The third-order valence-electron chi connectivity index (χ3n) is 3.92. The lowest BCUT2D eigenvalue weighted by molar-refractivity contribution is 0.0948. The summed E-state index contributed by atoms with van der Waals surface area (Å²) in [5, 5.41) is 7.62. The molecule has 136 valence electrons. The minimum Gasteiger partial charge on any atom is -0.348 e. The first-order valence-electron chi connectivity index (χ1n) is 8.20. The summed E-state index contributed by atoms with van der Waals surface area (Å²) in [4.78, 5) is 31.5. The van der Waals surface area contributed by atoms with E-state index in [2.05, 4.69) is 15.4 Å². The Balaban J connectivity index is 1.83. The van der Waals surface area contributed by atoms with Gasteiger partial charge in [-0.1, -0.05) is 23.5 Å². The molecule has 0 unspecified atom stereocenters. The van der Waals surface area contributed by atoms with Crippen LogP contribution in [0.25, 0.3) is 4.96 Å². The predicted molar refractivity (Wildman–Crippen MR) is 98.3 cm³/mol. The molecule has 1 amide bonds. The Morgan fingerprint density at radius 1 is 1.27 bits per heavy atom. The number of benzene rings is 1. The molecular weight excluding hydrogens is 357 g/mol. The third-order valence-corrected chi connectivity index (χ3v) is 4.90. The molecule has 1 aromatic carbocycles. The molecule has 9 heteroatoms. The molecule has 0 fully saturated rings. The fraction of sp³-hybridized carbons (Fsp3) is 0.294. The van der Waals surface area contributed by atoms with Crippen LogP contribution in [-0.2, 0) is 6.54 Å². The molecule has 0 bridgehead atoms. The molecule has 0 aliphatic carbocycles. The molecule has 0 saturated heterocycles. The van der Waals surface area contributed by atoms with Gasteiger partial charge in [-0.15, -0.1) is 5.10 Å². The number of fused-ring (bicyclic) bond motifs is 1. The van der Waals surface area contributed by atoms with Crippen LogP contribution in [-0.4, -0.2) is 33.6 Å². The van der Waals surface area contributed by atoms with Crippen molar-refractivity contribution in [3.8, 4) is 0 Å². The standard InChI is InChI=1S/C17H18FN5O2S/c1-3-22(4-2)17-21-23-15(25)13(10-20-16(23)26-17)14(24)19-9-11-5-7-12(18)8-6-11/h5-8,10H,3-4,9H2,1-2H3,(H,19,24). The molecule has 3 rings (SSSR count). The summed E-state index contributed by atoms with van der Waals surface area (Å²) in [5.41, 5.74) is 0.133. The maximum Gasteiger partial charge on any atom is 0.288 e. The summed E-state index contributed by atoms with van der Waals surface area (Å²) in [6, 6.07) is 5.77. The quantitative estimate of drug-likeness (QED) is 0.713. The smallest absolute Gasteiger partial charge is 0.288 e. The Morgan fingerprint density at radius 3 is 2.62 bits per heavy atom. The lowest BCUT2D eigenvalue weighted by Gasteiger charge is -2.15. The van der Waals surface area contributed by atoms with Crippen LogP contribution in [0.5, 0.6) is 0 Å². The fourth-order valence-corrected chi connectivity index (χ4v) is 3.42. The number of rotatable bonds is 6. The molecule has 2 heterocycles. The van der Waals surface area contributed by atoms with Crippen LogP contribution >= 0.6 is 11.3 Å². The van der Waals surface area contributed by atoms with Crippen LogP contribution in [0.3, 0.4) is 0 Å². The largest absolute Gasteiger partial charge is 0.348 e. The molecule has 7 nitrogen and oxygen atoms in total. The van der Waals surface area contributed by atoms with Gasteiger partial charge in [0.25, 0.3) is 11.5 Å². The summed E-state index contributed by atoms with van der Waals surface area (Å²) in [5.74, 6) is -0.890. The monoisotopic (exact) mass is 375 g/mol. The SMILES string of the molecule is CCN(CC)c1nn2c(=O)c(C(=O)NCc3ccc(F)cc3)cnc2s1. The Kier molecular flexibility index (Phi) is 5.27. The van der Waals surface area contributed by atoms with Crippen molar-refractivity contribution in [1.29, 1.82) is 0 Å². The van der Waals surface area contributed by atoms with Gasteiger partial charge in [-0.2, -0.15) is 4.52 Å². The molecule has 0 aliphatic rings. The Labute approximate surface area is 153 Å². The van der Waals surface area contributed by atoms with Crippen molar-refractivity contribution in [2.45, 2.75) is 20.4 Å². The number of hydrogen-bond donors (Lipinski definition) is 1. The van der Waals surface area contributed by atoms with Gasteiger partial charge in [0.15, 0.2) is 0 Å². The second-order valence-corrected chi connectivity index (χ2v) is 6.47. The molecule has 0 radical (unpaired) electrons. The molecule has 1 N–H and O–H groups in total. The fourth-order valence-electron chi connectivity index (χ4n) is 2.43. The van der Waals surface area contributed by atoms with E-state index in [4.69, 9.17) is 0 Å². The van der Waals surface area contributed by atoms with Crippen molar-refractivity contribution < 1.29 is 9.18 Å². The van der Waals surface area contributed by atoms with Crippen molar-refractivity contribution in [3.05, 3.63) is 57.8 Å². The minimum atomic E-state index is -0.543. The van der Waals surface area contributed by atoms with Gasteiger partial charge in [-0.3, -0.25) is 9.59 Å². The Bertz CT molecular complexity index is 979. The van der Waals surface area contributed by atoms with Gasteiger partial charge in [0, 0.05) is 25.8 Å². The van der Waals surface area contributed by atoms with E-state index in [1.54, 1.807) is 12.1 Å². The van der Waals surface area contributed by atoms with Crippen LogP contribution < -0.4 is 15.8 Å². The molecule has 0 spiro atoms. The number of amides is 1. The predicted octanol–water partition coefficient (Wildman–Crippen LogP) is 2.07. The molecule has 0 aliphatic heterocycles. The molecule has 2 aromatic heterocycles. The van der Waals surface area contributed by atoms with Crippen LogP contribution in [0.15, 0.2) is 35.3 Å².